The molecule has 154 valence electrons. The molecular formula is C21H20N4O5. The third kappa shape index (κ3) is 5.07. The minimum absolute atomic E-state index is 0.113. The monoisotopic (exact) mass is 408 g/mol. The maximum absolute atomic E-state index is 12.4. The first-order chi connectivity index (χ1) is 14.5. The lowest BCUT2D eigenvalue weighted by molar-refractivity contribution is -0.156. The van der Waals surface area contributed by atoms with E-state index in [0.29, 0.717) is 22.3 Å². The second kappa shape index (κ2) is 9.46. The average molecular weight is 408 g/mol. The van der Waals surface area contributed by atoms with E-state index in [1.165, 1.54) is 7.05 Å². The molecule has 0 spiro atoms. The maximum Gasteiger partial charge on any atom is 0.321 e. The molecule has 1 atom stereocenters. The number of rotatable bonds is 6. The predicted molar refractivity (Wildman–Crippen MR) is 109 cm³/mol. The number of fused-ring (bicyclic) bond motifs is 1. The van der Waals surface area contributed by atoms with Crippen molar-refractivity contribution in [3.8, 4) is 0 Å². The number of amides is 3. The Labute approximate surface area is 171 Å². The van der Waals surface area contributed by atoms with Gasteiger partial charge >= 0.3 is 12.0 Å². The molecule has 0 aliphatic rings. The first kappa shape index (κ1) is 20.7. The summed E-state index contributed by atoms with van der Waals surface area (Å²) in [5, 5.41) is 4.83. The highest BCUT2D eigenvalue weighted by molar-refractivity contribution is 5.97. The summed E-state index contributed by atoms with van der Waals surface area (Å²) in [5.41, 5.74) is 0.650. The van der Waals surface area contributed by atoms with Crippen LogP contribution < -0.4 is 16.2 Å². The first-order valence-corrected chi connectivity index (χ1v) is 9.23. The Morgan fingerprint density at radius 2 is 1.77 bits per heavy atom. The Morgan fingerprint density at radius 1 is 1.07 bits per heavy atom. The zero-order valence-corrected chi connectivity index (χ0v) is 16.2. The van der Waals surface area contributed by atoms with Crippen LogP contribution in [0.1, 0.15) is 23.9 Å². The summed E-state index contributed by atoms with van der Waals surface area (Å²) in [7, 11) is 1.36. The lowest BCUT2D eigenvalue weighted by atomic mass is 10.1. The standard InChI is InChI=1S/C21H20N4O5/c1-22-21(29)25-20(28)18(13-7-3-2-4-8-13)30-17(26)12-11-16-23-15-10-6-5-9-14(15)19(27)24-16/h2-10,18H,11-12H2,1H3,(H,23,24,27)(H2,22,25,28,29)/t18-/m0/s1. The molecule has 9 nitrogen and oxygen atoms in total. The van der Waals surface area contributed by atoms with Crippen LogP contribution in [0, 0.1) is 0 Å². The van der Waals surface area contributed by atoms with Crippen LogP contribution in [-0.4, -0.2) is 34.9 Å². The molecule has 1 aromatic heterocycles. The van der Waals surface area contributed by atoms with Gasteiger partial charge in [0.15, 0.2) is 0 Å². The van der Waals surface area contributed by atoms with E-state index in [9.17, 15) is 19.2 Å². The van der Waals surface area contributed by atoms with Crippen LogP contribution in [0.25, 0.3) is 10.9 Å². The van der Waals surface area contributed by atoms with Crippen LogP contribution in [0.15, 0.2) is 59.4 Å². The summed E-state index contributed by atoms with van der Waals surface area (Å²) in [5.74, 6) is -1.11. The van der Waals surface area contributed by atoms with Crippen molar-refractivity contribution in [2.75, 3.05) is 7.05 Å². The van der Waals surface area contributed by atoms with Crippen molar-refractivity contribution in [1.29, 1.82) is 0 Å². The number of H-pyrrole nitrogens is 1. The highest BCUT2D eigenvalue weighted by atomic mass is 16.5. The number of aromatic amines is 1. The Hall–Kier alpha value is -4.01. The number of aromatic nitrogens is 2. The van der Waals surface area contributed by atoms with Gasteiger partial charge in [0.25, 0.3) is 11.5 Å². The van der Waals surface area contributed by atoms with Crippen molar-refractivity contribution in [1.82, 2.24) is 20.6 Å². The summed E-state index contributed by atoms with van der Waals surface area (Å²) < 4.78 is 5.33. The Morgan fingerprint density at radius 3 is 2.50 bits per heavy atom. The number of nitrogens with one attached hydrogen (secondary N) is 3. The zero-order valence-electron chi connectivity index (χ0n) is 16.2. The van der Waals surface area contributed by atoms with Gasteiger partial charge in [-0.1, -0.05) is 42.5 Å². The quantitative estimate of drug-likeness (QED) is 0.531. The van der Waals surface area contributed by atoms with Crippen LogP contribution in [0.2, 0.25) is 0 Å². The summed E-state index contributed by atoms with van der Waals surface area (Å²) in [6, 6.07) is 14.5. The van der Waals surface area contributed by atoms with Gasteiger partial charge in [-0.2, -0.15) is 0 Å². The van der Waals surface area contributed by atoms with Crippen molar-refractivity contribution >= 4 is 28.8 Å². The minimum atomic E-state index is -1.29. The van der Waals surface area contributed by atoms with Gasteiger partial charge in [-0.25, -0.2) is 9.78 Å². The molecule has 0 saturated carbocycles. The lowest BCUT2D eigenvalue weighted by Gasteiger charge is -2.17. The van der Waals surface area contributed by atoms with Crippen molar-refractivity contribution in [3.05, 3.63) is 76.3 Å². The van der Waals surface area contributed by atoms with Gasteiger partial charge in [-0.3, -0.25) is 19.7 Å². The molecular weight excluding hydrogens is 388 g/mol. The van der Waals surface area contributed by atoms with Gasteiger partial charge in [0.2, 0.25) is 6.10 Å². The van der Waals surface area contributed by atoms with E-state index in [1.807, 2.05) is 0 Å². The van der Waals surface area contributed by atoms with E-state index >= 15 is 0 Å². The van der Waals surface area contributed by atoms with Gasteiger partial charge in [-0.05, 0) is 12.1 Å². The van der Waals surface area contributed by atoms with E-state index in [-0.39, 0.29) is 18.4 Å². The second-order valence-electron chi connectivity index (χ2n) is 6.38. The van der Waals surface area contributed by atoms with E-state index in [0.717, 1.165) is 0 Å². The molecule has 3 rings (SSSR count). The number of carbonyl (C=O) groups is 3. The molecule has 0 saturated heterocycles. The summed E-state index contributed by atoms with van der Waals surface area (Å²) in [4.78, 5) is 55.4. The number of benzene rings is 2. The Bertz CT molecular complexity index is 1130. The number of ether oxygens (including phenoxy) is 1. The Balaban J connectivity index is 1.71. The highest BCUT2D eigenvalue weighted by Crippen LogP contribution is 2.19. The minimum Gasteiger partial charge on any atom is -0.447 e. The average Bonchev–Trinajstić information content (AvgIpc) is 2.76. The zero-order chi connectivity index (χ0) is 21.5. The van der Waals surface area contributed by atoms with Crippen molar-refractivity contribution < 1.29 is 19.1 Å². The lowest BCUT2D eigenvalue weighted by Crippen LogP contribution is -2.41. The third-order valence-corrected chi connectivity index (χ3v) is 4.28. The summed E-state index contributed by atoms with van der Waals surface area (Å²) >= 11 is 0. The molecule has 0 bridgehead atoms. The smallest absolute Gasteiger partial charge is 0.321 e. The molecule has 0 radical (unpaired) electrons. The second-order valence-corrected chi connectivity index (χ2v) is 6.38. The van der Waals surface area contributed by atoms with Crippen LogP contribution in [-0.2, 0) is 20.7 Å². The van der Waals surface area contributed by atoms with Gasteiger partial charge in [-0.15, -0.1) is 0 Å². The SMILES string of the molecule is CNC(=O)NC(=O)[C@@H](OC(=O)CCc1nc2ccccc2c(=O)[nH]1)c1ccccc1. The number of esters is 1. The maximum atomic E-state index is 12.4. The first-order valence-electron chi connectivity index (χ1n) is 9.23. The number of urea groups is 1. The normalized spacial score (nSPS) is 11.5. The van der Waals surface area contributed by atoms with Gasteiger partial charge in [0.05, 0.1) is 17.3 Å². The van der Waals surface area contributed by atoms with Crippen LogP contribution in [0.4, 0.5) is 4.79 Å². The fourth-order valence-corrected chi connectivity index (χ4v) is 2.80. The number of para-hydroxylation sites is 1. The van der Waals surface area contributed by atoms with Gasteiger partial charge in [0.1, 0.15) is 5.82 Å². The van der Waals surface area contributed by atoms with Gasteiger partial charge < -0.3 is 15.0 Å². The Kier molecular flexibility index (Phi) is 6.53. The van der Waals surface area contributed by atoms with E-state index in [1.54, 1.807) is 54.6 Å². The number of aryl methyl sites for hydroxylation is 1. The number of imide groups is 1. The van der Waals surface area contributed by atoms with Gasteiger partial charge in [0, 0.05) is 19.0 Å². The van der Waals surface area contributed by atoms with E-state index in [4.69, 9.17) is 4.74 Å². The fraction of sp³-hybridized carbons (Fsp3) is 0.190. The molecule has 0 aliphatic carbocycles. The van der Waals surface area contributed by atoms with E-state index in [2.05, 4.69) is 20.6 Å². The number of nitrogens with zero attached hydrogens (tertiary/aromatic N) is 1. The molecule has 3 aromatic rings. The topological polar surface area (TPSA) is 130 Å². The fourth-order valence-electron chi connectivity index (χ4n) is 2.80. The molecule has 1 heterocycles. The van der Waals surface area contributed by atoms with Crippen LogP contribution in [0.3, 0.4) is 0 Å². The van der Waals surface area contributed by atoms with Crippen molar-refractivity contribution in [2.45, 2.75) is 18.9 Å². The molecule has 3 N–H and O–H groups in total. The summed E-state index contributed by atoms with van der Waals surface area (Å²) in [6.07, 6.45) is -1.28. The number of hydrogen-bond acceptors (Lipinski definition) is 6. The van der Waals surface area contributed by atoms with Crippen molar-refractivity contribution in [2.24, 2.45) is 0 Å². The van der Waals surface area contributed by atoms with E-state index < -0.39 is 24.0 Å². The predicted octanol–water partition coefficient (Wildman–Crippen LogP) is 1.60. The van der Waals surface area contributed by atoms with Crippen LogP contribution in [0.5, 0.6) is 0 Å². The number of hydrogen-bond donors (Lipinski definition) is 3. The highest BCUT2D eigenvalue weighted by Gasteiger charge is 2.26. The third-order valence-electron chi connectivity index (χ3n) is 4.28. The molecule has 2 aromatic carbocycles. The molecule has 30 heavy (non-hydrogen) atoms. The number of carbonyl (C=O) groups excluding carboxylic acids is 3. The molecule has 0 unspecified atom stereocenters. The van der Waals surface area contributed by atoms with Crippen molar-refractivity contribution in [3.63, 3.8) is 0 Å². The molecule has 0 aliphatic heterocycles. The van der Waals surface area contributed by atoms with Crippen LogP contribution >= 0.6 is 0 Å². The molecule has 3 amide bonds. The summed E-state index contributed by atoms with van der Waals surface area (Å²) in [6.45, 7) is 0. The molecule has 9 heteroatoms. The molecule has 0 fully saturated rings. The largest absolute Gasteiger partial charge is 0.447 e.